The second-order valence-electron chi connectivity index (χ2n) is 7.82. The molecule has 0 saturated heterocycles. The van der Waals surface area contributed by atoms with Gasteiger partial charge in [0.2, 0.25) is 11.8 Å². The third-order valence-electron chi connectivity index (χ3n) is 4.63. The molecule has 0 aliphatic rings. The molecule has 1 atom stereocenters. The van der Waals surface area contributed by atoms with Crippen molar-refractivity contribution in [1.29, 1.82) is 0 Å². The van der Waals surface area contributed by atoms with Crippen molar-refractivity contribution >= 4 is 19.9 Å². The van der Waals surface area contributed by atoms with E-state index >= 15 is 0 Å². The molecule has 3 N–H and O–H groups in total. The van der Waals surface area contributed by atoms with Crippen LogP contribution in [0, 0.1) is 23.1 Å². The molecular formula is C19H26F2N2O2Si. The van der Waals surface area contributed by atoms with Gasteiger partial charge in [-0.1, -0.05) is 39.9 Å². The predicted octanol–water partition coefficient (Wildman–Crippen LogP) is 2.92. The van der Waals surface area contributed by atoms with E-state index in [0.717, 1.165) is 6.07 Å². The first-order valence-corrected chi connectivity index (χ1v) is 11.4. The van der Waals surface area contributed by atoms with Crippen LogP contribution in [-0.4, -0.2) is 25.9 Å². The van der Waals surface area contributed by atoms with Crippen molar-refractivity contribution < 1.29 is 18.4 Å². The van der Waals surface area contributed by atoms with Gasteiger partial charge < -0.3 is 11.1 Å². The second kappa shape index (κ2) is 8.45. The van der Waals surface area contributed by atoms with E-state index in [1.165, 1.54) is 6.07 Å². The molecule has 0 aliphatic heterocycles. The van der Waals surface area contributed by atoms with Gasteiger partial charge in [0, 0.05) is 12.5 Å². The molecule has 0 saturated carbocycles. The smallest absolute Gasteiger partial charge is 0.240 e. The monoisotopic (exact) mass is 380 g/mol. The summed E-state index contributed by atoms with van der Waals surface area (Å²) >= 11 is 0. The van der Waals surface area contributed by atoms with Crippen molar-refractivity contribution in [3.8, 4) is 11.5 Å². The maximum absolute atomic E-state index is 13.6. The number of carbonyl (C=O) groups excluding carboxylic acids is 2. The summed E-state index contributed by atoms with van der Waals surface area (Å²) in [7, 11) is -1.83. The van der Waals surface area contributed by atoms with E-state index in [2.05, 4.69) is 50.6 Å². The summed E-state index contributed by atoms with van der Waals surface area (Å²) in [5, 5.41) is 2.55. The second-order valence-corrected chi connectivity index (χ2v) is 12.8. The average Bonchev–Trinajstić information content (AvgIpc) is 2.47. The van der Waals surface area contributed by atoms with Crippen LogP contribution in [0.25, 0.3) is 0 Å². The zero-order chi connectivity index (χ0) is 20.1. The van der Waals surface area contributed by atoms with Crippen LogP contribution in [0.1, 0.15) is 32.8 Å². The van der Waals surface area contributed by atoms with E-state index in [1.54, 1.807) is 0 Å². The van der Waals surface area contributed by atoms with Gasteiger partial charge in [-0.05, 0) is 16.7 Å². The maximum Gasteiger partial charge on any atom is 0.240 e. The highest BCUT2D eigenvalue weighted by molar-refractivity contribution is 6.87. The number of primary amides is 1. The van der Waals surface area contributed by atoms with E-state index in [9.17, 15) is 18.4 Å². The van der Waals surface area contributed by atoms with Crippen LogP contribution in [0.3, 0.4) is 0 Å². The Balaban J connectivity index is 2.77. The minimum atomic E-state index is -1.83. The van der Waals surface area contributed by atoms with Crippen molar-refractivity contribution in [3.05, 3.63) is 35.4 Å². The number of carbonyl (C=O) groups is 2. The van der Waals surface area contributed by atoms with E-state index in [4.69, 9.17) is 5.73 Å². The van der Waals surface area contributed by atoms with Crippen LogP contribution < -0.4 is 11.1 Å². The van der Waals surface area contributed by atoms with Crippen LogP contribution in [0.4, 0.5) is 8.78 Å². The van der Waals surface area contributed by atoms with Gasteiger partial charge in [0.05, 0.1) is 6.42 Å². The van der Waals surface area contributed by atoms with E-state index in [-0.39, 0.29) is 23.4 Å². The molecule has 0 fully saturated rings. The van der Waals surface area contributed by atoms with Gasteiger partial charge in [0.15, 0.2) is 0 Å². The average molecular weight is 381 g/mol. The highest BCUT2D eigenvalue weighted by Crippen LogP contribution is 2.35. The quantitative estimate of drug-likeness (QED) is 0.609. The fourth-order valence-corrected chi connectivity index (χ4v) is 2.79. The van der Waals surface area contributed by atoms with Crippen molar-refractivity contribution in [1.82, 2.24) is 5.32 Å². The van der Waals surface area contributed by atoms with Gasteiger partial charge in [0.1, 0.15) is 25.8 Å². The molecular weight excluding hydrogens is 354 g/mol. The highest BCUT2D eigenvalue weighted by Gasteiger charge is 2.33. The minimum Gasteiger partial charge on any atom is -0.368 e. The Labute approximate surface area is 154 Å². The molecule has 0 heterocycles. The van der Waals surface area contributed by atoms with E-state index < -0.39 is 37.6 Å². The van der Waals surface area contributed by atoms with Crippen LogP contribution in [0.15, 0.2) is 18.2 Å². The van der Waals surface area contributed by atoms with Gasteiger partial charge in [0.25, 0.3) is 0 Å². The standard InChI is InChI=1S/C19H26F2N2O2Si/c1-19(2,3)26(4,5)10-6-7-16(18(22)25)23-17(24)11-13-8-9-14(20)12-15(13)21/h8-9,12,16H,7,11H2,1-5H3,(H2,22,25)(H,23,24)/t16-/m1/s1. The molecule has 142 valence electrons. The molecule has 0 spiro atoms. The van der Waals surface area contributed by atoms with Crippen molar-refractivity contribution in [3.63, 3.8) is 0 Å². The Kier molecular flexibility index (Phi) is 7.10. The van der Waals surface area contributed by atoms with Crippen LogP contribution in [-0.2, 0) is 16.0 Å². The van der Waals surface area contributed by atoms with Crippen LogP contribution in [0.2, 0.25) is 18.1 Å². The molecule has 1 rings (SSSR count). The molecule has 0 aromatic heterocycles. The molecule has 7 heteroatoms. The topological polar surface area (TPSA) is 72.2 Å². The first-order chi connectivity index (χ1) is 11.8. The van der Waals surface area contributed by atoms with E-state index in [0.29, 0.717) is 6.07 Å². The Morgan fingerprint density at radius 3 is 2.38 bits per heavy atom. The summed E-state index contributed by atoms with van der Waals surface area (Å²) in [5.74, 6) is 0.161. The van der Waals surface area contributed by atoms with Gasteiger partial charge in [-0.15, -0.1) is 11.5 Å². The summed E-state index contributed by atoms with van der Waals surface area (Å²) in [6.45, 7) is 10.6. The van der Waals surface area contributed by atoms with Crippen LogP contribution in [0.5, 0.6) is 0 Å². The molecule has 0 aliphatic carbocycles. The summed E-state index contributed by atoms with van der Waals surface area (Å²) < 4.78 is 26.5. The number of benzene rings is 1. The fraction of sp³-hybridized carbons (Fsp3) is 0.474. The van der Waals surface area contributed by atoms with Gasteiger partial charge in [-0.2, -0.15) is 0 Å². The maximum atomic E-state index is 13.6. The lowest BCUT2D eigenvalue weighted by atomic mass is 10.1. The number of nitrogens with two attached hydrogens (primary N) is 1. The van der Waals surface area contributed by atoms with Crippen molar-refractivity contribution in [2.24, 2.45) is 5.73 Å². The Hall–Kier alpha value is -2.20. The number of amides is 2. The zero-order valence-electron chi connectivity index (χ0n) is 15.9. The Morgan fingerprint density at radius 1 is 1.27 bits per heavy atom. The number of hydrogen-bond acceptors (Lipinski definition) is 2. The lowest BCUT2D eigenvalue weighted by Gasteiger charge is -2.31. The molecule has 0 unspecified atom stereocenters. The highest BCUT2D eigenvalue weighted by atomic mass is 28.3. The molecule has 26 heavy (non-hydrogen) atoms. The van der Waals surface area contributed by atoms with Crippen molar-refractivity contribution in [2.75, 3.05) is 0 Å². The Morgan fingerprint density at radius 2 is 1.88 bits per heavy atom. The van der Waals surface area contributed by atoms with Crippen molar-refractivity contribution in [2.45, 2.75) is 57.8 Å². The number of nitrogens with one attached hydrogen (secondary N) is 1. The number of rotatable bonds is 5. The molecule has 0 bridgehead atoms. The third kappa shape index (κ3) is 6.26. The lowest BCUT2D eigenvalue weighted by Crippen LogP contribution is -2.45. The first-order valence-electron chi connectivity index (χ1n) is 8.36. The first kappa shape index (κ1) is 21.8. The summed E-state index contributed by atoms with van der Waals surface area (Å²) in [6, 6.07) is 2.02. The SMILES string of the molecule is CC(C)(C)[Si](C)(C)C#CC[C@@H](NC(=O)Cc1ccc(F)cc1F)C(N)=O. The third-order valence-corrected chi connectivity index (χ3v) is 9.18. The summed E-state index contributed by atoms with van der Waals surface area (Å²) in [6.07, 6.45) is -0.217. The predicted molar refractivity (Wildman–Crippen MR) is 101 cm³/mol. The molecule has 4 nitrogen and oxygen atoms in total. The largest absolute Gasteiger partial charge is 0.368 e. The van der Waals surface area contributed by atoms with Crippen LogP contribution >= 0.6 is 0 Å². The zero-order valence-corrected chi connectivity index (χ0v) is 16.9. The molecule has 1 aromatic carbocycles. The normalized spacial score (nSPS) is 12.7. The number of hydrogen-bond donors (Lipinski definition) is 2. The van der Waals surface area contributed by atoms with E-state index in [1.807, 2.05) is 0 Å². The Bertz CT molecular complexity index is 746. The summed E-state index contributed by atoms with van der Waals surface area (Å²) in [4.78, 5) is 23.6. The molecule has 0 radical (unpaired) electrons. The summed E-state index contributed by atoms with van der Waals surface area (Å²) in [5.41, 5.74) is 8.62. The minimum absolute atomic E-state index is 0.0412. The molecule has 1 aromatic rings. The molecule has 2 amide bonds. The van der Waals surface area contributed by atoms with Gasteiger partial charge >= 0.3 is 0 Å². The lowest BCUT2D eigenvalue weighted by molar-refractivity contribution is -0.126. The fourth-order valence-electron chi connectivity index (χ4n) is 1.87. The van der Waals surface area contributed by atoms with Gasteiger partial charge in [-0.3, -0.25) is 9.59 Å². The number of halogens is 2. The van der Waals surface area contributed by atoms with Gasteiger partial charge in [-0.25, -0.2) is 8.78 Å².